The summed E-state index contributed by atoms with van der Waals surface area (Å²) in [6.45, 7) is 6.87. The molecule has 7 heteroatoms. The molecule has 0 radical (unpaired) electrons. The highest BCUT2D eigenvalue weighted by molar-refractivity contribution is 5.95. The quantitative estimate of drug-likeness (QED) is 0.760. The Morgan fingerprint density at radius 2 is 1.93 bits per heavy atom. The fourth-order valence-corrected chi connectivity index (χ4v) is 3.39. The van der Waals surface area contributed by atoms with Gasteiger partial charge in [0.2, 0.25) is 5.91 Å². The topological polar surface area (TPSA) is 95.9 Å². The maximum atomic E-state index is 12.9. The van der Waals surface area contributed by atoms with E-state index in [1.807, 2.05) is 6.92 Å². The van der Waals surface area contributed by atoms with E-state index in [1.54, 1.807) is 30.9 Å². The average molecular weight is 376 g/mol. The molecular weight excluding hydrogens is 348 g/mol. The fourth-order valence-electron chi connectivity index (χ4n) is 3.39. The molecule has 1 aliphatic rings. The number of carbonyl (C=O) groups excluding carboxylic acids is 2. The van der Waals surface area contributed by atoms with Crippen LogP contribution in [0.4, 0.5) is 0 Å². The molecule has 1 fully saturated rings. The van der Waals surface area contributed by atoms with Gasteiger partial charge in [-0.25, -0.2) is 4.79 Å². The third kappa shape index (κ3) is 5.45. The van der Waals surface area contributed by atoms with Crippen molar-refractivity contribution >= 4 is 17.8 Å². The van der Waals surface area contributed by atoms with Crippen molar-refractivity contribution in [3.63, 3.8) is 0 Å². The number of hydrogen-bond acceptors (Lipinski definition) is 4. The first kappa shape index (κ1) is 20.7. The van der Waals surface area contributed by atoms with Gasteiger partial charge in [0.25, 0.3) is 5.91 Å². The Bertz CT molecular complexity index is 693. The van der Waals surface area contributed by atoms with Crippen LogP contribution in [0.5, 0.6) is 5.75 Å². The molecule has 1 heterocycles. The summed E-state index contributed by atoms with van der Waals surface area (Å²) in [4.78, 5) is 37.6. The number of piperidine rings is 1. The maximum Gasteiger partial charge on any atom is 0.341 e. The molecule has 1 aromatic carbocycles. The lowest BCUT2D eigenvalue weighted by Crippen LogP contribution is -2.45. The van der Waals surface area contributed by atoms with Crippen LogP contribution in [0.3, 0.4) is 0 Å². The van der Waals surface area contributed by atoms with E-state index in [9.17, 15) is 14.4 Å². The van der Waals surface area contributed by atoms with Gasteiger partial charge in [-0.1, -0.05) is 6.92 Å². The third-order valence-electron chi connectivity index (χ3n) is 4.68. The normalized spacial score (nSPS) is 16.7. The molecule has 1 aliphatic heterocycles. The molecule has 0 aromatic heterocycles. The number of likely N-dealkylation sites (tertiary alicyclic amines) is 1. The molecule has 1 saturated heterocycles. The molecular formula is C20H28N2O5. The minimum Gasteiger partial charge on any atom is -0.481 e. The highest BCUT2D eigenvalue weighted by Crippen LogP contribution is 2.26. The van der Waals surface area contributed by atoms with E-state index in [0.29, 0.717) is 42.1 Å². The zero-order valence-corrected chi connectivity index (χ0v) is 16.2. The van der Waals surface area contributed by atoms with E-state index < -0.39 is 12.6 Å². The zero-order chi connectivity index (χ0) is 20.0. The predicted molar refractivity (Wildman–Crippen MR) is 101 cm³/mol. The Hall–Kier alpha value is -2.57. The van der Waals surface area contributed by atoms with Crippen LogP contribution in [-0.2, 0) is 9.59 Å². The van der Waals surface area contributed by atoms with Crippen LogP contribution in [0.25, 0.3) is 0 Å². The van der Waals surface area contributed by atoms with E-state index in [1.165, 1.54) is 0 Å². The number of carboxylic acids is 1. The van der Waals surface area contributed by atoms with Crippen molar-refractivity contribution in [1.29, 1.82) is 0 Å². The molecule has 0 aliphatic carbocycles. The Labute approximate surface area is 159 Å². The van der Waals surface area contributed by atoms with E-state index in [4.69, 9.17) is 9.84 Å². The fraction of sp³-hybridized carbons (Fsp3) is 0.550. The molecule has 2 amide bonds. The van der Waals surface area contributed by atoms with E-state index in [0.717, 1.165) is 19.3 Å². The van der Waals surface area contributed by atoms with E-state index in [2.05, 4.69) is 5.32 Å². The Morgan fingerprint density at radius 1 is 1.26 bits per heavy atom. The highest BCUT2D eigenvalue weighted by atomic mass is 16.5. The maximum absolute atomic E-state index is 12.9. The van der Waals surface area contributed by atoms with Crippen LogP contribution in [0.1, 0.15) is 47.7 Å². The third-order valence-corrected chi connectivity index (χ3v) is 4.68. The number of benzene rings is 1. The number of carbonyl (C=O) groups is 3. The Kier molecular flexibility index (Phi) is 7.21. The molecule has 2 N–H and O–H groups in total. The molecule has 7 nitrogen and oxygen atoms in total. The molecule has 148 valence electrons. The summed E-state index contributed by atoms with van der Waals surface area (Å²) in [5, 5.41) is 11.7. The molecule has 0 saturated carbocycles. The van der Waals surface area contributed by atoms with Crippen molar-refractivity contribution in [3.8, 4) is 5.75 Å². The average Bonchev–Trinajstić information content (AvgIpc) is 2.64. The molecule has 1 aromatic rings. The van der Waals surface area contributed by atoms with Gasteiger partial charge in [0.1, 0.15) is 5.75 Å². The van der Waals surface area contributed by atoms with Crippen LogP contribution in [0.15, 0.2) is 12.1 Å². The lowest BCUT2D eigenvalue weighted by molar-refractivity contribution is -0.139. The van der Waals surface area contributed by atoms with Gasteiger partial charge < -0.3 is 20.1 Å². The molecule has 0 spiro atoms. The molecule has 1 unspecified atom stereocenters. The summed E-state index contributed by atoms with van der Waals surface area (Å²) in [6.07, 6.45) is 2.48. The number of aryl methyl sites for hydroxylation is 2. The van der Waals surface area contributed by atoms with Gasteiger partial charge in [0.15, 0.2) is 6.61 Å². The van der Waals surface area contributed by atoms with Crippen LogP contribution in [0.2, 0.25) is 0 Å². The van der Waals surface area contributed by atoms with Crippen molar-refractivity contribution in [2.45, 2.75) is 40.0 Å². The van der Waals surface area contributed by atoms with Gasteiger partial charge in [-0.3, -0.25) is 9.59 Å². The summed E-state index contributed by atoms with van der Waals surface area (Å²) >= 11 is 0. The van der Waals surface area contributed by atoms with Gasteiger partial charge in [-0.05, 0) is 56.4 Å². The SMILES string of the molecule is CCCNC(=O)C1CCCN(C(=O)c2cc(C)c(OCC(=O)O)c(C)c2)C1. The first-order valence-corrected chi connectivity index (χ1v) is 9.36. The van der Waals surface area contributed by atoms with Gasteiger partial charge in [-0.2, -0.15) is 0 Å². The van der Waals surface area contributed by atoms with Crippen molar-refractivity contribution in [2.24, 2.45) is 5.92 Å². The van der Waals surface area contributed by atoms with Gasteiger partial charge in [-0.15, -0.1) is 0 Å². The molecule has 1 atom stereocenters. The Morgan fingerprint density at radius 3 is 2.52 bits per heavy atom. The van der Waals surface area contributed by atoms with Gasteiger partial charge >= 0.3 is 5.97 Å². The number of amides is 2. The standard InChI is InChI=1S/C20H28N2O5/c1-4-7-21-19(25)15-6-5-8-22(11-15)20(26)16-9-13(2)18(14(3)10-16)27-12-17(23)24/h9-10,15H,4-8,11-12H2,1-3H3,(H,21,25)(H,23,24). The minimum absolute atomic E-state index is 0.0131. The first-order valence-electron chi connectivity index (χ1n) is 9.36. The van der Waals surface area contributed by atoms with Crippen molar-refractivity contribution in [3.05, 3.63) is 28.8 Å². The number of rotatable bonds is 7. The number of hydrogen-bond donors (Lipinski definition) is 2. The summed E-state index contributed by atoms with van der Waals surface area (Å²) in [5.74, 6) is -0.827. The van der Waals surface area contributed by atoms with Crippen LogP contribution < -0.4 is 10.1 Å². The Balaban J connectivity index is 2.10. The molecule has 27 heavy (non-hydrogen) atoms. The minimum atomic E-state index is -1.05. The van der Waals surface area contributed by atoms with E-state index in [-0.39, 0.29) is 17.7 Å². The summed E-state index contributed by atoms with van der Waals surface area (Å²) in [6, 6.07) is 3.43. The van der Waals surface area contributed by atoms with Gasteiger partial charge in [0, 0.05) is 25.2 Å². The highest BCUT2D eigenvalue weighted by Gasteiger charge is 2.29. The number of ether oxygens (including phenoxy) is 1. The second-order valence-electron chi connectivity index (χ2n) is 7.00. The first-order chi connectivity index (χ1) is 12.8. The largest absolute Gasteiger partial charge is 0.481 e. The smallest absolute Gasteiger partial charge is 0.341 e. The lowest BCUT2D eigenvalue weighted by Gasteiger charge is -2.32. The lowest BCUT2D eigenvalue weighted by atomic mass is 9.96. The van der Waals surface area contributed by atoms with E-state index >= 15 is 0 Å². The number of aliphatic carboxylic acids is 1. The summed E-state index contributed by atoms with van der Waals surface area (Å²) in [5.41, 5.74) is 1.96. The number of carboxylic acid groups (broad SMARTS) is 1. The summed E-state index contributed by atoms with van der Waals surface area (Å²) in [7, 11) is 0. The predicted octanol–water partition coefficient (Wildman–Crippen LogP) is 2.15. The number of nitrogens with one attached hydrogen (secondary N) is 1. The monoisotopic (exact) mass is 376 g/mol. The molecule has 2 rings (SSSR count). The van der Waals surface area contributed by atoms with Crippen molar-refractivity contribution < 1.29 is 24.2 Å². The van der Waals surface area contributed by atoms with Crippen LogP contribution in [0, 0.1) is 19.8 Å². The second-order valence-corrected chi connectivity index (χ2v) is 7.00. The van der Waals surface area contributed by atoms with Crippen LogP contribution in [-0.4, -0.2) is 54.0 Å². The summed E-state index contributed by atoms with van der Waals surface area (Å²) < 4.78 is 5.32. The van der Waals surface area contributed by atoms with Crippen LogP contribution >= 0.6 is 0 Å². The number of nitrogens with zero attached hydrogens (tertiary/aromatic N) is 1. The van der Waals surface area contributed by atoms with Gasteiger partial charge in [0.05, 0.1) is 5.92 Å². The molecule has 0 bridgehead atoms. The van der Waals surface area contributed by atoms with Crippen molar-refractivity contribution in [2.75, 3.05) is 26.2 Å². The van der Waals surface area contributed by atoms with Crippen molar-refractivity contribution in [1.82, 2.24) is 10.2 Å². The second kappa shape index (κ2) is 9.39. The zero-order valence-electron chi connectivity index (χ0n) is 16.2.